The molecule has 1 saturated heterocycles. The number of amides is 2. The Bertz CT molecular complexity index is 1310. The Labute approximate surface area is 230 Å². The number of primary amides is 1. The van der Waals surface area contributed by atoms with Gasteiger partial charge in [0.15, 0.2) is 5.78 Å². The Morgan fingerprint density at radius 1 is 1.03 bits per heavy atom. The molecule has 2 aromatic rings. The number of carbonyl (C=O) groups excluding carboxylic acids is 3. The molecule has 0 spiro atoms. The molecule has 0 saturated carbocycles. The molecule has 0 radical (unpaired) electrons. The Hall–Kier alpha value is -3.81. The van der Waals surface area contributed by atoms with Crippen LogP contribution in [0.5, 0.6) is 0 Å². The Morgan fingerprint density at radius 3 is 2.33 bits per heavy atom. The van der Waals surface area contributed by atoms with E-state index in [1.165, 1.54) is 0 Å². The smallest absolute Gasteiger partial charge is 0.242 e. The minimum atomic E-state index is -0.414. The van der Waals surface area contributed by atoms with Crippen molar-refractivity contribution in [3.05, 3.63) is 65.4 Å². The molecule has 2 aliphatic heterocycles. The first-order valence-corrected chi connectivity index (χ1v) is 13.8. The number of hydrogen-bond acceptors (Lipinski definition) is 6. The quantitative estimate of drug-likeness (QED) is 0.605. The second-order valence-electron chi connectivity index (χ2n) is 12.0. The summed E-state index contributed by atoms with van der Waals surface area (Å²) in [6.07, 6.45) is 2.37. The highest BCUT2D eigenvalue weighted by molar-refractivity contribution is 6.02. The summed E-state index contributed by atoms with van der Waals surface area (Å²) in [6.45, 7) is 5.39. The van der Waals surface area contributed by atoms with Crippen LogP contribution in [-0.4, -0.2) is 56.2 Å². The highest BCUT2D eigenvalue weighted by Crippen LogP contribution is 2.48. The van der Waals surface area contributed by atoms with Gasteiger partial charge in [-0.05, 0) is 54.5 Å². The molecule has 8 heteroatoms. The molecule has 2 aromatic carbocycles. The van der Waals surface area contributed by atoms with Gasteiger partial charge in [0.25, 0.3) is 0 Å². The summed E-state index contributed by atoms with van der Waals surface area (Å²) in [5, 5.41) is 3.61. The maximum Gasteiger partial charge on any atom is 0.242 e. The number of ketones is 1. The molecular formula is C31H39N5O3. The zero-order valence-corrected chi connectivity index (χ0v) is 23.4. The average Bonchev–Trinajstić information content (AvgIpc) is 3.02. The van der Waals surface area contributed by atoms with E-state index in [0.717, 1.165) is 40.3 Å². The van der Waals surface area contributed by atoms with E-state index in [4.69, 9.17) is 5.73 Å². The Kier molecular flexibility index (Phi) is 7.14. The van der Waals surface area contributed by atoms with Gasteiger partial charge in [0.1, 0.15) is 0 Å². The van der Waals surface area contributed by atoms with Crippen LogP contribution in [0.25, 0.3) is 0 Å². The second kappa shape index (κ2) is 10.4. The number of nitrogens with one attached hydrogen (secondary N) is 1. The molecule has 1 aliphatic carbocycles. The summed E-state index contributed by atoms with van der Waals surface area (Å²) >= 11 is 0. The maximum atomic E-state index is 13.9. The summed E-state index contributed by atoms with van der Waals surface area (Å²) in [5.41, 5.74) is 10.8. The lowest BCUT2D eigenvalue weighted by Gasteiger charge is -2.39. The first-order valence-electron chi connectivity index (χ1n) is 13.8. The number of rotatable bonds is 5. The van der Waals surface area contributed by atoms with Gasteiger partial charge in [-0.3, -0.25) is 14.4 Å². The molecule has 0 bridgehead atoms. The number of para-hydroxylation sites is 2. The fourth-order valence-corrected chi connectivity index (χ4v) is 6.19. The summed E-state index contributed by atoms with van der Waals surface area (Å²) in [7, 11) is 4.00. The topological polar surface area (TPSA) is 99.0 Å². The normalized spacial score (nSPS) is 21.0. The van der Waals surface area contributed by atoms with Crippen molar-refractivity contribution >= 4 is 34.7 Å². The number of hydrogen-bond donors (Lipinski definition) is 2. The summed E-state index contributed by atoms with van der Waals surface area (Å²) in [4.78, 5) is 45.3. The number of likely N-dealkylation sites (tertiary alicyclic amines) is 1. The first-order chi connectivity index (χ1) is 18.5. The number of allylic oxidation sites excluding steroid dienone is 1. The predicted molar refractivity (Wildman–Crippen MR) is 154 cm³/mol. The van der Waals surface area contributed by atoms with Gasteiger partial charge >= 0.3 is 0 Å². The molecule has 2 amide bonds. The summed E-state index contributed by atoms with van der Waals surface area (Å²) in [6, 6.07) is 15.8. The van der Waals surface area contributed by atoms with E-state index >= 15 is 0 Å². The average molecular weight is 530 g/mol. The van der Waals surface area contributed by atoms with E-state index in [1.54, 1.807) is 0 Å². The highest BCUT2D eigenvalue weighted by Gasteiger charge is 2.42. The minimum absolute atomic E-state index is 0.0183. The van der Waals surface area contributed by atoms with Crippen molar-refractivity contribution in [3.8, 4) is 0 Å². The van der Waals surface area contributed by atoms with Crippen LogP contribution in [0, 0.1) is 11.3 Å². The number of carbonyl (C=O) groups is 3. The van der Waals surface area contributed by atoms with E-state index in [0.29, 0.717) is 32.4 Å². The molecule has 39 heavy (non-hydrogen) atoms. The summed E-state index contributed by atoms with van der Waals surface area (Å²) in [5.74, 6) is -0.386. The van der Waals surface area contributed by atoms with Gasteiger partial charge in [-0.15, -0.1) is 0 Å². The molecule has 2 heterocycles. The van der Waals surface area contributed by atoms with Crippen molar-refractivity contribution < 1.29 is 14.4 Å². The third-order valence-electron chi connectivity index (χ3n) is 8.28. The van der Waals surface area contributed by atoms with Gasteiger partial charge in [0.05, 0.1) is 24.0 Å². The van der Waals surface area contributed by atoms with Gasteiger partial charge in [-0.2, -0.15) is 0 Å². The number of nitrogens with two attached hydrogens (primary N) is 1. The van der Waals surface area contributed by atoms with Crippen LogP contribution >= 0.6 is 0 Å². The van der Waals surface area contributed by atoms with Crippen LogP contribution in [0.15, 0.2) is 59.8 Å². The van der Waals surface area contributed by atoms with Crippen LogP contribution in [0.4, 0.5) is 17.1 Å². The van der Waals surface area contributed by atoms with Crippen molar-refractivity contribution in [2.45, 2.75) is 45.6 Å². The lowest BCUT2D eigenvalue weighted by Crippen LogP contribution is -2.47. The molecule has 5 rings (SSSR count). The van der Waals surface area contributed by atoms with Gasteiger partial charge in [0, 0.05) is 56.5 Å². The fourth-order valence-electron chi connectivity index (χ4n) is 6.19. The maximum absolute atomic E-state index is 13.9. The number of Topliss-reactive ketones (excluding diaryl/α,β-unsaturated/α-hetero) is 1. The van der Waals surface area contributed by atoms with E-state index in [9.17, 15) is 14.4 Å². The lowest BCUT2D eigenvalue weighted by atomic mass is 9.73. The third kappa shape index (κ3) is 5.37. The van der Waals surface area contributed by atoms with E-state index in [-0.39, 0.29) is 35.5 Å². The van der Waals surface area contributed by atoms with E-state index < -0.39 is 6.04 Å². The minimum Gasteiger partial charge on any atom is -0.378 e. The molecule has 3 N–H and O–H groups in total. The van der Waals surface area contributed by atoms with Gasteiger partial charge in [-0.25, -0.2) is 0 Å². The Balaban J connectivity index is 1.58. The Morgan fingerprint density at radius 2 is 1.69 bits per heavy atom. The number of fused-ring (bicyclic) bond motifs is 1. The molecule has 1 atom stereocenters. The third-order valence-corrected chi connectivity index (χ3v) is 8.28. The van der Waals surface area contributed by atoms with Crippen LogP contribution in [0.1, 0.15) is 51.1 Å². The van der Waals surface area contributed by atoms with Gasteiger partial charge < -0.3 is 25.8 Å². The fraction of sp³-hybridized carbons (Fsp3) is 0.452. The molecular weight excluding hydrogens is 490 g/mol. The van der Waals surface area contributed by atoms with Crippen molar-refractivity contribution in [1.82, 2.24) is 4.90 Å². The molecule has 3 aliphatic rings. The first kappa shape index (κ1) is 26.8. The van der Waals surface area contributed by atoms with Gasteiger partial charge in [0.2, 0.25) is 11.8 Å². The molecule has 1 unspecified atom stereocenters. The van der Waals surface area contributed by atoms with Gasteiger partial charge in [-0.1, -0.05) is 38.1 Å². The lowest BCUT2D eigenvalue weighted by molar-refractivity contribution is -0.133. The molecule has 1 fully saturated rings. The number of nitrogens with zero attached hydrogens (tertiary/aromatic N) is 3. The molecule has 0 aromatic heterocycles. The highest BCUT2D eigenvalue weighted by atomic mass is 16.2. The molecule has 206 valence electrons. The summed E-state index contributed by atoms with van der Waals surface area (Å²) < 4.78 is 0. The standard InChI is InChI=1S/C31H39N5O3/c1-31(2)17-24-28(26(37)18-31)29(20-9-11-22(12-10-20)34(3)4)36(25-8-6-5-7-23(25)33-24)19-27(38)35-15-13-21(14-16-35)30(32)39/h5-12,21,29,33H,13-19H2,1-4H3,(H2,32,39). The zero-order chi connectivity index (χ0) is 27.9. The number of anilines is 3. The van der Waals surface area contributed by atoms with Crippen molar-refractivity contribution in [2.75, 3.05) is 48.8 Å². The zero-order valence-electron chi connectivity index (χ0n) is 23.4. The number of piperidine rings is 1. The predicted octanol–water partition coefficient (Wildman–Crippen LogP) is 4.09. The van der Waals surface area contributed by atoms with E-state index in [1.807, 2.05) is 48.2 Å². The number of benzene rings is 2. The van der Waals surface area contributed by atoms with Crippen LogP contribution in [0.3, 0.4) is 0 Å². The second-order valence-corrected chi connectivity index (χ2v) is 12.0. The van der Waals surface area contributed by atoms with E-state index in [2.05, 4.69) is 48.3 Å². The van der Waals surface area contributed by atoms with Crippen LogP contribution in [-0.2, 0) is 14.4 Å². The monoisotopic (exact) mass is 529 g/mol. The van der Waals surface area contributed by atoms with Crippen molar-refractivity contribution in [3.63, 3.8) is 0 Å². The SMILES string of the molecule is CN(C)c1ccc(C2C3=C(CC(C)(C)CC3=O)Nc3ccccc3N2CC(=O)N2CCC(C(N)=O)CC2)cc1. The van der Waals surface area contributed by atoms with Crippen molar-refractivity contribution in [2.24, 2.45) is 17.1 Å². The van der Waals surface area contributed by atoms with Crippen LogP contribution in [0.2, 0.25) is 0 Å². The largest absolute Gasteiger partial charge is 0.378 e. The van der Waals surface area contributed by atoms with Crippen LogP contribution < -0.4 is 20.9 Å². The van der Waals surface area contributed by atoms with Crippen molar-refractivity contribution in [1.29, 1.82) is 0 Å². The molecule has 8 nitrogen and oxygen atoms in total.